The lowest BCUT2D eigenvalue weighted by atomic mass is 9.98. The molecule has 2 amide bonds. The third-order valence-electron chi connectivity index (χ3n) is 8.38. The molecule has 264 valence electrons. The van der Waals surface area contributed by atoms with Gasteiger partial charge in [0, 0.05) is 87.9 Å². The van der Waals surface area contributed by atoms with Gasteiger partial charge in [0.2, 0.25) is 5.95 Å². The van der Waals surface area contributed by atoms with Gasteiger partial charge in [-0.2, -0.15) is 4.98 Å². The molecule has 50 heavy (non-hydrogen) atoms. The van der Waals surface area contributed by atoms with Crippen molar-refractivity contribution in [3.63, 3.8) is 0 Å². The van der Waals surface area contributed by atoms with Crippen molar-refractivity contribution >= 4 is 35.1 Å². The maximum atomic E-state index is 14.8. The molecule has 1 aliphatic rings. The normalized spacial score (nSPS) is 13.8. The minimum Gasteiger partial charge on any atom is -0.497 e. The Kier molecular flexibility index (Phi) is 11.1. The number of hydrogen-bond acceptors (Lipinski definition) is 10. The van der Waals surface area contributed by atoms with Crippen molar-refractivity contribution in [2.24, 2.45) is 0 Å². The minimum atomic E-state index is -3.15. The van der Waals surface area contributed by atoms with E-state index in [0.29, 0.717) is 40.5 Å². The van der Waals surface area contributed by atoms with Crippen LogP contribution in [0.5, 0.6) is 17.2 Å². The van der Waals surface area contributed by atoms with Crippen molar-refractivity contribution in [3.8, 4) is 17.2 Å². The van der Waals surface area contributed by atoms with E-state index in [-0.39, 0.29) is 28.6 Å². The number of nitrogens with zero attached hydrogens (tertiary/aromatic N) is 5. The molecule has 0 aliphatic carbocycles. The Morgan fingerprint density at radius 1 is 0.960 bits per heavy atom. The third-order valence-corrected chi connectivity index (χ3v) is 8.38. The quantitative estimate of drug-likeness (QED) is 0.186. The second-order valence-electron chi connectivity index (χ2n) is 12.0. The van der Waals surface area contributed by atoms with Crippen molar-refractivity contribution in [1.29, 1.82) is 0 Å². The van der Waals surface area contributed by atoms with Gasteiger partial charge in [0.1, 0.15) is 23.1 Å². The molecule has 0 saturated carbocycles. The molecular formula is C36H41F2N7O5. The van der Waals surface area contributed by atoms with E-state index in [0.717, 1.165) is 33.1 Å². The highest BCUT2D eigenvalue weighted by atomic mass is 19.3. The molecule has 1 fully saturated rings. The monoisotopic (exact) mass is 689 g/mol. The number of nitrogens with one attached hydrogen (secondary N) is 2. The summed E-state index contributed by atoms with van der Waals surface area (Å²) in [7, 11) is 6.66. The van der Waals surface area contributed by atoms with Gasteiger partial charge in [-0.3, -0.25) is 9.69 Å². The average molecular weight is 690 g/mol. The zero-order chi connectivity index (χ0) is 36.0. The molecule has 1 aromatic heterocycles. The standard InChI is InChI=1S/C36H41F2N7O5/c1-23-7-10-26(41-33(46)24-8-9-25(28(19-24)36(2,37)38)22-44-17-15-43(4)16-18-44)20-30(23)50-35(47)45(32-13-14-40-34(39-3)42-32)29-12-11-27(48-5)21-31(29)49-6/h7-14,19-21H,15-18,22H2,1-6H3,(H,41,46)(H,39,40,42). The van der Waals surface area contributed by atoms with Crippen LogP contribution in [0.25, 0.3) is 0 Å². The number of amides is 2. The molecule has 0 spiro atoms. The first-order valence-electron chi connectivity index (χ1n) is 16.0. The highest BCUT2D eigenvalue weighted by Gasteiger charge is 2.30. The van der Waals surface area contributed by atoms with Crippen LogP contribution in [0.15, 0.2) is 66.9 Å². The van der Waals surface area contributed by atoms with E-state index in [2.05, 4.69) is 30.4 Å². The fourth-order valence-corrected chi connectivity index (χ4v) is 5.52. The number of benzene rings is 3. The van der Waals surface area contributed by atoms with Crippen LogP contribution >= 0.6 is 0 Å². The molecule has 3 aromatic carbocycles. The van der Waals surface area contributed by atoms with Gasteiger partial charge >= 0.3 is 6.09 Å². The first-order chi connectivity index (χ1) is 23.9. The summed E-state index contributed by atoms with van der Waals surface area (Å²) in [4.78, 5) is 41.4. The number of ether oxygens (including phenoxy) is 3. The van der Waals surface area contributed by atoms with Crippen molar-refractivity contribution in [3.05, 3.63) is 89.1 Å². The number of anilines is 4. The van der Waals surface area contributed by atoms with E-state index in [1.165, 1.54) is 37.4 Å². The molecule has 0 atom stereocenters. The lowest BCUT2D eigenvalue weighted by Gasteiger charge is -2.33. The van der Waals surface area contributed by atoms with Gasteiger partial charge in [-0.05, 0) is 55.4 Å². The van der Waals surface area contributed by atoms with Crippen LogP contribution in [0.4, 0.5) is 36.7 Å². The maximum Gasteiger partial charge on any atom is 0.425 e. The Morgan fingerprint density at radius 2 is 1.72 bits per heavy atom. The summed E-state index contributed by atoms with van der Waals surface area (Å²) in [6.07, 6.45) is 0.663. The van der Waals surface area contributed by atoms with E-state index in [9.17, 15) is 18.4 Å². The van der Waals surface area contributed by atoms with Crippen LogP contribution in [-0.2, 0) is 12.5 Å². The largest absolute Gasteiger partial charge is 0.497 e. The Labute approximate surface area is 290 Å². The molecule has 4 aromatic rings. The summed E-state index contributed by atoms with van der Waals surface area (Å²) in [6, 6.07) is 15.6. The fraction of sp³-hybridized carbons (Fsp3) is 0.333. The topological polar surface area (TPSA) is 121 Å². The number of aryl methyl sites for hydroxylation is 1. The van der Waals surface area contributed by atoms with Crippen LogP contribution in [-0.4, -0.2) is 86.3 Å². The molecule has 2 heterocycles. The van der Waals surface area contributed by atoms with Gasteiger partial charge in [0.05, 0.1) is 19.9 Å². The highest BCUT2D eigenvalue weighted by Crippen LogP contribution is 2.37. The lowest BCUT2D eigenvalue weighted by Crippen LogP contribution is -2.44. The van der Waals surface area contributed by atoms with E-state index in [1.54, 1.807) is 62.5 Å². The van der Waals surface area contributed by atoms with Crippen LogP contribution in [0.3, 0.4) is 0 Å². The minimum absolute atomic E-state index is 0.0737. The van der Waals surface area contributed by atoms with Crippen LogP contribution < -0.4 is 29.7 Å². The third kappa shape index (κ3) is 8.44. The number of halogens is 2. The summed E-state index contributed by atoms with van der Waals surface area (Å²) in [5.74, 6) is -2.31. The first kappa shape index (κ1) is 36.0. The molecule has 0 radical (unpaired) electrons. The molecule has 2 N–H and O–H groups in total. The number of hydrogen-bond donors (Lipinski definition) is 2. The molecule has 0 unspecified atom stereocenters. The first-order valence-corrected chi connectivity index (χ1v) is 16.0. The molecule has 1 aliphatic heterocycles. The highest BCUT2D eigenvalue weighted by molar-refractivity contribution is 6.04. The number of likely N-dealkylation sites (N-methyl/N-ethyl adjacent to an activating group) is 1. The fourth-order valence-electron chi connectivity index (χ4n) is 5.52. The number of aromatic nitrogens is 2. The van der Waals surface area contributed by atoms with Crippen LogP contribution in [0.1, 0.15) is 34.0 Å². The van der Waals surface area contributed by atoms with Crippen LogP contribution in [0.2, 0.25) is 0 Å². The van der Waals surface area contributed by atoms with Gasteiger partial charge in [0.15, 0.2) is 0 Å². The molecule has 12 nitrogen and oxygen atoms in total. The zero-order valence-corrected chi connectivity index (χ0v) is 28.9. The van der Waals surface area contributed by atoms with Crippen molar-refractivity contribution in [2.75, 3.05) is 70.0 Å². The summed E-state index contributed by atoms with van der Waals surface area (Å²) >= 11 is 0. The predicted octanol–water partition coefficient (Wildman–Crippen LogP) is 6.29. The molecule has 5 rings (SSSR count). The number of rotatable bonds is 11. The van der Waals surface area contributed by atoms with Gasteiger partial charge in [-0.15, -0.1) is 0 Å². The Morgan fingerprint density at radius 3 is 2.40 bits per heavy atom. The molecule has 1 saturated heterocycles. The second kappa shape index (κ2) is 15.5. The van der Waals surface area contributed by atoms with Crippen LogP contribution in [0, 0.1) is 6.92 Å². The lowest BCUT2D eigenvalue weighted by molar-refractivity contribution is 0.0155. The SMILES string of the molecule is CNc1nccc(N(C(=O)Oc2cc(NC(=O)c3ccc(CN4CCN(C)CC4)c(C(C)(F)F)c3)ccc2C)c2ccc(OC)cc2OC)n1. The van der Waals surface area contributed by atoms with Crippen molar-refractivity contribution in [1.82, 2.24) is 19.8 Å². The number of carbonyl (C=O) groups is 2. The Balaban J connectivity index is 1.40. The summed E-state index contributed by atoms with van der Waals surface area (Å²) in [6.45, 7) is 6.21. The maximum absolute atomic E-state index is 14.8. The Bertz CT molecular complexity index is 1840. The van der Waals surface area contributed by atoms with Gasteiger partial charge in [-0.1, -0.05) is 12.1 Å². The van der Waals surface area contributed by atoms with E-state index in [4.69, 9.17) is 14.2 Å². The number of piperazine rings is 1. The van der Waals surface area contributed by atoms with E-state index < -0.39 is 17.9 Å². The Hall–Kier alpha value is -5.34. The van der Waals surface area contributed by atoms with Crippen molar-refractivity contribution < 1.29 is 32.6 Å². The number of alkyl halides is 2. The molecule has 0 bridgehead atoms. The van der Waals surface area contributed by atoms with Gasteiger partial charge in [0.25, 0.3) is 11.8 Å². The summed E-state index contributed by atoms with van der Waals surface area (Å²) < 4.78 is 46.4. The number of carbonyl (C=O) groups excluding carboxylic acids is 2. The van der Waals surface area contributed by atoms with Gasteiger partial charge < -0.3 is 29.7 Å². The second-order valence-corrected chi connectivity index (χ2v) is 12.0. The smallest absolute Gasteiger partial charge is 0.425 e. The number of methoxy groups -OCH3 is 2. The van der Waals surface area contributed by atoms with Crippen molar-refractivity contribution in [2.45, 2.75) is 26.3 Å². The van der Waals surface area contributed by atoms with Gasteiger partial charge in [-0.25, -0.2) is 23.5 Å². The molecular weight excluding hydrogens is 648 g/mol. The summed E-state index contributed by atoms with van der Waals surface area (Å²) in [5.41, 5.74) is 1.57. The predicted molar refractivity (Wildman–Crippen MR) is 187 cm³/mol. The zero-order valence-electron chi connectivity index (χ0n) is 28.9. The summed E-state index contributed by atoms with van der Waals surface area (Å²) in [5, 5.41) is 5.61. The molecule has 14 heteroatoms. The van der Waals surface area contributed by atoms with E-state index in [1.807, 2.05) is 7.05 Å². The van der Waals surface area contributed by atoms with E-state index >= 15 is 0 Å². The average Bonchev–Trinajstić information content (AvgIpc) is 3.10.